The van der Waals surface area contributed by atoms with Crippen molar-refractivity contribution in [2.45, 2.75) is 26.7 Å². The van der Waals surface area contributed by atoms with Crippen molar-refractivity contribution in [2.75, 3.05) is 5.73 Å². The van der Waals surface area contributed by atoms with E-state index < -0.39 is 0 Å². The van der Waals surface area contributed by atoms with Gasteiger partial charge in [-0.15, -0.1) is 11.3 Å². The zero-order chi connectivity index (χ0) is 11.5. The summed E-state index contributed by atoms with van der Waals surface area (Å²) in [5.74, 6) is 1.42. The van der Waals surface area contributed by atoms with E-state index in [1.807, 2.05) is 13.1 Å². The number of hydrogen-bond donors (Lipinski definition) is 1. The summed E-state index contributed by atoms with van der Waals surface area (Å²) in [7, 11) is 0. The monoisotopic (exact) mass is 233 g/mol. The lowest BCUT2D eigenvalue weighted by Crippen LogP contribution is -2.03. The van der Waals surface area contributed by atoms with E-state index in [2.05, 4.69) is 28.3 Å². The van der Waals surface area contributed by atoms with E-state index in [9.17, 15) is 0 Å². The number of aromatic nitrogens is 2. The molecule has 0 aliphatic heterocycles. The van der Waals surface area contributed by atoms with Crippen LogP contribution < -0.4 is 5.73 Å². The summed E-state index contributed by atoms with van der Waals surface area (Å²) in [6.07, 6.45) is 3.50. The summed E-state index contributed by atoms with van der Waals surface area (Å²) in [6, 6.07) is 2.12. The summed E-state index contributed by atoms with van der Waals surface area (Å²) in [5, 5.41) is 2.10. The van der Waals surface area contributed by atoms with Crippen molar-refractivity contribution >= 4 is 17.2 Å². The maximum Gasteiger partial charge on any atom is 0.130 e. The van der Waals surface area contributed by atoms with Crippen LogP contribution in [0.15, 0.2) is 17.6 Å². The molecule has 2 rings (SSSR count). The lowest BCUT2D eigenvalue weighted by molar-refractivity contribution is 0.927. The number of hydrogen-bond acceptors (Lipinski definition) is 4. The van der Waals surface area contributed by atoms with Crippen LogP contribution in [0.2, 0.25) is 0 Å². The second-order valence-corrected chi connectivity index (χ2v) is 4.75. The molecule has 0 saturated carbocycles. The molecule has 84 valence electrons. The van der Waals surface area contributed by atoms with Gasteiger partial charge in [0.15, 0.2) is 0 Å². The van der Waals surface area contributed by atoms with E-state index >= 15 is 0 Å². The van der Waals surface area contributed by atoms with Crippen molar-refractivity contribution in [1.82, 2.24) is 9.97 Å². The van der Waals surface area contributed by atoms with Crippen molar-refractivity contribution in [3.63, 3.8) is 0 Å². The summed E-state index contributed by atoms with van der Waals surface area (Å²) in [5.41, 5.74) is 8.24. The Morgan fingerprint density at radius 2 is 2.25 bits per heavy atom. The zero-order valence-electron chi connectivity index (χ0n) is 9.53. The fourth-order valence-electron chi connectivity index (χ4n) is 1.52. The fraction of sp³-hybridized carbons (Fsp3) is 0.333. The summed E-state index contributed by atoms with van der Waals surface area (Å²) in [6.45, 7) is 4.14. The predicted octanol–water partition coefficient (Wildman–Crippen LogP) is 2.58. The summed E-state index contributed by atoms with van der Waals surface area (Å²) < 4.78 is 0. The molecule has 16 heavy (non-hydrogen) atoms. The van der Waals surface area contributed by atoms with Gasteiger partial charge >= 0.3 is 0 Å². The van der Waals surface area contributed by atoms with Crippen LogP contribution >= 0.6 is 11.3 Å². The molecule has 0 aliphatic carbocycles. The Kier molecular flexibility index (Phi) is 3.19. The quantitative estimate of drug-likeness (QED) is 0.886. The molecular weight excluding hydrogens is 218 g/mol. The highest BCUT2D eigenvalue weighted by Crippen LogP contribution is 2.21. The molecule has 0 bridgehead atoms. The van der Waals surface area contributed by atoms with Crippen molar-refractivity contribution in [3.05, 3.63) is 39.5 Å². The molecule has 3 nitrogen and oxygen atoms in total. The SMILES string of the molecule is CCc1ncc(Cc2sccc2C)c(N)n1. The van der Waals surface area contributed by atoms with Gasteiger partial charge in [0, 0.05) is 29.5 Å². The molecular formula is C12H15N3S. The third kappa shape index (κ3) is 2.22. The minimum Gasteiger partial charge on any atom is -0.383 e. The Bertz CT molecular complexity index is 491. The average Bonchev–Trinajstić information content (AvgIpc) is 2.67. The first-order valence-electron chi connectivity index (χ1n) is 5.34. The number of nitrogens with two attached hydrogens (primary N) is 1. The van der Waals surface area contributed by atoms with Gasteiger partial charge in [0.1, 0.15) is 11.6 Å². The van der Waals surface area contributed by atoms with Crippen molar-refractivity contribution in [3.8, 4) is 0 Å². The maximum atomic E-state index is 5.92. The van der Waals surface area contributed by atoms with Gasteiger partial charge in [-0.1, -0.05) is 6.92 Å². The Labute approximate surface area is 99.4 Å². The third-order valence-corrected chi connectivity index (χ3v) is 3.61. The van der Waals surface area contributed by atoms with Crippen LogP contribution in [0.25, 0.3) is 0 Å². The number of nitrogens with zero attached hydrogens (tertiary/aromatic N) is 2. The number of aryl methyl sites for hydroxylation is 2. The van der Waals surface area contributed by atoms with E-state index in [0.29, 0.717) is 5.82 Å². The van der Waals surface area contributed by atoms with Gasteiger partial charge in [0.05, 0.1) is 0 Å². The minimum absolute atomic E-state index is 0.611. The van der Waals surface area contributed by atoms with Gasteiger partial charge in [-0.2, -0.15) is 0 Å². The van der Waals surface area contributed by atoms with Gasteiger partial charge in [-0.3, -0.25) is 0 Å². The van der Waals surface area contributed by atoms with Crippen molar-refractivity contribution in [1.29, 1.82) is 0 Å². The van der Waals surface area contributed by atoms with Crippen LogP contribution in [0.1, 0.15) is 28.8 Å². The molecule has 2 aromatic rings. The fourth-order valence-corrected chi connectivity index (χ4v) is 2.45. The molecule has 0 aliphatic rings. The van der Waals surface area contributed by atoms with Gasteiger partial charge in [0.25, 0.3) is 0 Å². The zero-order valence-corrected chi connectivity index (χ0v) is 10.3. The smallest absolute Gasteiger partial charge is 0.130 e. The van der Waals surface area contributed by atoms with E-state index in [1.165, 1.54) is 10.4 Å². The topological polar surface area (TPSA) is 51.8 Å². The highest BCUT2D eigenvalue weighted by molar-refractivity contribution is 7.10. The van der Waals surface area contributed by atoms with E-state index in [4.69, 9.17) is 5.73 Å². The Balaban J connectivity index is 2.25. The lowest BCUT2D eigenvalue weighted by Gasteiger charge is -2.05. The molecule has 4 heteroatoms. The Morgan fingerprint density at radius 3 is 2.81 bits per heavy atom. The standard InChI is InChI=1S/C12H15N3S/c1-3-11-14-7-9(12(13)15-11)6-10-8(2)4-5-16-10/h4-5,7H,3,6H2,1-2H3,(H2,13,14,15). The van der Waals surface area contributed by atoms with Crippen LogP contribution in [0.5, 0.6) is 0 Å². The molecule has 0 radical (unpaired) electrons. The molecule has 0 spiro atoms. The Hall–Kier alpha value is -1.42. The average molecular weight is 233 g/mol. The van der Waals surface area contributed by atoms with Gasteiger partial charge in [0.2, 0.25) is 0 Å². The van der Waals surface area contributed by atoms with Crippen LogP contribution in [0, 0.1) is 6.92 Å². The molecule has 0 atom stereocenters. The van der Waals surface area contributed by atoms with E-state index in [1.54, 1.807) is 11.3 Å². The molecule has 0 amide bonds. The minimum atomic E-state index is 0.611. The first kappa shape index (κ1) is 11.1. The second kappa shape index (κ2) is 4.61. The lowest BCUT2D eigenvalue weighted by atomic mass is 10.1. The summed E-state index contributed by atoms with van der Waals surface area (Å²) in [4.78, 5) is 9.89. The van der Waals surface area contributed by atoms with E-state index in [0.717, 1.165) is 24.2 Å². The van der Waals surface area contributed by atoms with Gasteiger partial charge in [-0.25, -0.2) is 9.97 Å². The maximum absolute atomic E-state index is 5.92. The van der Waals surface area contributed by atoms with Crippen molar-refractivity contribution in [2.24, 2.45) is 0 Å². The van der Waals surface area contributed by atoms with Crippen molar-refractivity contribution < 1.29 is 0 Å². The highest BCUT2D eigenvalue weighted by Gasteiger charge is 2.07. The largest absolute Gasteiger partial charge is 0.383 e. The first-order valence-corrected chi connectivity index (χ1v) is 6.22. The molecule has 0 aromatic carbocycles. The molecule has 0 unspecified atom stereocenters. The van der Waals surface area contributed by atoms with Crippen LogP contribution in [-0.2, 0) is 12.8 Å². The Morgan fingerprint density at radius 1 is 1.44 bits per heavy atom. The summed E-state index contributed by atoms with van der Waals surface area (Å²) >= 11 is 1.75. The van der Waals surface area contributed by atoms with Gasteiger partial charge in [-0.05, 0) is 23.9 Å². The predicted molar refractivity (Wildman–Crippen MR) is 67.7 cm³/mol. The number of nitrogen functional groups attached to an aromatic ring is 1. The van der Waals surface area contributed by atoms with E-state index in [-0.39, 0.29) is 0 Å². The second-order valence-electron chi connectivity index (χ2n) is 3.75. The van der Waals surface area contributed by atoms with Gasteiger partial charge < -0.3 is 5.73 Å². The third-order valence-electron chi connectivity index (χ3n) is 2.58. The van der Waals surface area contributed by atoms with Crippen LogP contribution in [0.3, 0.4) is 0 Å². The van der Waals surface area contributed by atoms with Crippen LogP contribution in [0.4, 0.5) is 5.82 Å². The normalized spacial score (nSPS) is 10.6. The molecule has 2 aromatic heterocycles. The van der Waals surface area contributed by atoms with Crippen LogP contribution in [-0.4, -0.2) is 9.97 Å². The molecule has 2 heterocycles. The number of anilines is 1. The molecule has 0 saturated heterocycles. The molecule has 2 N–H and O–H groups in total. The molecule has 0 fully saturated rings. The number of rotatable bonds is 3. The highest BCUT2D eigenvalue weighted by atomic mass is 32.1. The number of thiophene rings is 1. The first-order chi connectivity index (χ1) is 7.70.